The molecule has 8 nitrogen and oxygen atoms in total. The zero-order valence-electron chi connectivity index (χ0n) is 16.6. The highest BCUT2D eigenvalue weighted by Crippen LogP contribution is 2.34. The van der Waals surface area contributed by atoms with Gasteiger partial charge in [0.1, 0.15) is 6.33 Å². The number of hydrogen-bond donors (Lipinski definition) is 1. The van der Waals surface area contributed by atoms with E-state index in [2.05, 4.69) is 15.5 Å². The molecular formula is C20H20ClN5O3S. The van der Waals surface area contributed by atoms with Crippen molar-refractivity contribution < 1.29 is 9.72 Å². The summed E-state index contributed by atoms with van der Waals surface area (Å²) in [5.41, 5.74) is 0.957. The molecule has 1 atom stereocenters. The molecule has 0 spiro atoms. The van der Waals surface area contributed by atoms with Crippen LogP contribution in [0.2, 0.25) is 5.02 Å². The topological polar surface area (TPSA) is 103 Å². The number of carbonyl (C=O) groups excluding carboxylic acids is 1. The molecule has 1 aromatic heterocycles. The van der Waals surface area contributed by atoms with Crippen LogP contribution in [0.3, 0.4) is 0 Å². The molecule has 0 saturated carbocycles. The number of nitro groups is 1. The number of aromatic nitrogens is 3. The van der Waals surface area contributed by atoms with E-state index in [-0.39, 0.29) is 29.1 Å². The first-order chi connectivity index (χ1) is 14.3. The summed E-state index contributed by atoms with van der Waals surface area (Å²) in [4.78, 5) is 24.3. The van der Waals surface area contributed by atoms with Gasteiger partial charge in [0.25, 0.3) is 11.6 Å². The second kappa shape index (κ2) is 9.27. The smallest absolute Gasteiger partial charge is 0.284 e. The van der Waals surface area contributed by atoms with E-state index in [9.17, 15) is 14.9 Å². The number of rotatable bonds is 7. The third-order valence-corrected chi connectivity index (χ3v) is 5.84. The minimum atomic E-state index is -0.505. The van der Waals surface area contributed by atoms with Crippen molar-refractivity contribution in [2.75, 3.05) is 0 Å². The zero-order chi connectivity index (χ0) is 21.8. The summed E-state index contributed by atoms with van der Waals surface area (Å²) in [5.74, 6) is -0.280. The number of aryl methyl sites for hydroxylation is 1. The Balaban J connectivity index is 1.86. The summed E-state index contributed by atoms with van der Waals surface area (Å²) >= 11 is 7.07. The molecule has 1 unspecified atom stereocenters. The molecule has 0 aliphatic heterocycles. The Hall–Kier alpha value is -2.91. The van der Waals surface area contributed by atoms with Gasteiger partial charge in [-0.1, -0.05) is 37.6 Å². The van der Waals surface area contributed by atoms with Gasteiger partial charge in [-0.2, -0.15) is 0 Å². The number of carbonyl (C=O) groups is 1. The first-order valence-electron chi connectivity index (χ1n) is 9.13. The maximum absolute atomic E-state index is 12.9. The number of halogens is 1. The first-order valence-corrected chi connectivity index (χ1v) is 10.3. The molecule has 1 N–H and O–H groups in total. The second-order valence-corrected chi connectivity index (χ2v) is 8.46. The van der Waals surface area contributed by atoms with Gasteiger partial charge in [0.2, 0.25) is 0 Å². The Morgan fingerprint density at radius 3 is 2.50 bits per heavy atom. The minimum absolute atomic E-state index is 0.107. The van der Waals surface area contributed by atoms with Crippen molar-refractivity contribution in [3.05, 3.63) is 75.1 Å². The summed E-state index contributed by atoms with van der Waals surface area (Å²) in [6.45, 7) is 3.98. The number of nitrogens with one attached hydrogen (secondary N) is 1. The molecule has 0 saturated heterocycles. The van der Waals surface area contributed by atoms with E-state index >= 15 is 0 Å². The number of hydrogen-bond acceptors (Lipinski definition) is 6. The predicted octanol–water partition coefficient (Wildman–Crippen LogP) is 4.66. The lowest BCUT2D eigenvalue weighted by Gasteiger charge is -2.23. The molecule has 0 bridgehead atoms. The second-order valence-electron chi connectivity index (χ2n) is 7.01. The van der Waals surface area contributed by atoms with Crippen molar-refractivity contribution in [2.45, 2.75) is 29.9 Å². The van der Waals surface area contributed by atoms with Crippen LogP contribution in [-0.4, -0.2) is 25.6 Å². The fourth-order valence-electron chi connectivity index (χ4n) is 2.88. The summed E-state index contributed by atoms with van der Waals surface area (Å²) < 4.78 is 1.66. The minimum Gasteiger partial charge on any atom is -0.345 e. The highest BCUT2D eigenvalue weighted by Gasteiger charge is 2.23. The Bertz CT molecular complexity index is 1070. The Labute approximate surface area is 182 Å². The average Bonchev–Trinajstić information content (AvgIpc) is 3.11. The number of nitro benzene ring substituents is 1. The van der Waals surface area contributed by atoms with Gasteiger partial charge in [0, 0.05) is 23.7 Å². The molecule has 0 aliphatic carbocycles. The third kappa shape index (κ3) is 4.98. The van der Waals surface area contributed by atoms with E-state index in [1.54, 1.807) is 35.9 Å². The van der Waals surface area contributed by atoms with Gasteiger partial charge in [-0.3, -0.25) is 14.9 Å². The van der Waals surface area contributed by atoms with Crippen LogP contribution in [0, 0.1) is 16.0 Å². The van der Waals surface area contributed by atoms with E-state index in [0.717, 1.165) is 17.3 Å². The predicted molar refractivity (Wildman–Crippen MR) is 115 cm³/mol. The van der Waals surface area contributed by atoms with E-state index in [4.69, 9.17) is 11.6 Å². The zero-order valence-corrected chi connectivity index (χ0v) is 18.1. The normalized spacial score (nSPS) is 12.0. The van der Waals surface area contributed by atoms with Crippen LogP contribution in [0.1, 0.15) is 35.8 Å². The van der Waals surface area contributed by atoms with Gasteiger partial charge in [0.05, 0.1) is 15.9 Å². The van der Waals surface area contributed by atoms with E-state index < -0.39 is 4.92 Å². The quantitative estimate of drug-likeness (QED) is 0.419. The summed E-state index contributed by atoms with van der Waals surface area (Å²) in [6, 6.07) is 11.4. The SMILES string of the molecule is CC(C)C(NC(=O)c1ccc(Sc2nncn2C)c([N+](=O)[O-])c1)c1ccc(Cl)cc1. The van der Waals surface area contributed by atoms with E-state index in [1.165, 1.54) is 12.4 Å². The van der Waals surface area contributed by atoms with Crippen molar-refractivity contribution in [2.24, 2.45) is 13.0 Å². The van der Waals surface area contributed by atoms with Gasteiger partial charge in [-0.25, -0.2) is 0 Å². The largest absolute Gasteiger partial charge is 0.345 e. The van der Waals surface area contributed by atoms with Gasteiger partial charge in [0.15, 0.2) is 5.16 Å². The van der Waals surface area contributed by atoms with Gasteiger partial charge in [-0.05, 0) is 47.5 Å². The third-order valence-electron chi connectivity index (χ3n) is 4.47. The van der Waals surface area contributed by atoms with Crippen molar-refractivity contribution in [1.29, 1.82) is 0 Å². The van der Waals surface area contributed by atoms with Crippen LogP contribution in [0.5, 0.6) is 0 Å². The molecule has 10 heteroatoms. The molecule has 0 aliphatic rings. The monoisotopic (exact) mass is 445 g/mol. The first kappa shape index (κ1) is 21.8. The Morgan fingerprint density at radius 2 is 1.93 bits per heavy atom. The number of nitrogens with zero attached hydrogens (tertiary/aromatic N) is 4. The molecule has 156 valence electrons. The van der Waals surface area contributed by atoms with E-state index in [1.807, 2.05) is 26.0 Å². The number of amides is 1. The fourth-order valence-corrected chi connectivity index (χ4v) is 3.86. The van der Waals surface area contributed by atoms with Gasteiger partial charge >= 0.3 is 0 Å². The van der Waals surface area contributed by atoms with Crippen LogP contribution in [0.25, 0.3) is 0 Å². The van der Waals surface area contributed by atoms with Gasteiger partial charge < -0.3 is 9.88 Å². The van der Waals surface area contributed by atoms with Crippen molar-refractivity contribution in [3.63, 3.8) is 0 Å². The summed E-state index contributed by atoms with van der Waals surface area (Å²) in [7, 11) is 1.75. The molecule has 3 aromatic rings. The fraction of sp³-hybridized carbons (Fsp3) is 0.250. The Morgan fingerprint density at radius 1 is 1.23 bits per heavy atom. The lowest BCUT2D eigenvalue weighted by Crippen LogP contribution is -2.31. The maximum atomic E-state index is 12.9. The van der Waals surface area contributed by atoms with Crippen molar-refractivity contribution in [1.82, 2.24) is 20.1 Å². The molecule has 0 fully saturated rings. The lowest BCUT2D eigenvalue weighted by molar-refractivity contribution is -0.387. The Kier molecular flexibility index (Phi) is 6.73. The van der Waals surface area contributed by atoms with Crippen LogP contribution in [-0.2, 0) is 7.05 Å². The van der Waals surface area contributed by atoms with Crippen molar-refractivity contribution in [3.8, 4) is 0 Å². The van der Waals surface area contributed by atoms with Crippen molar-refractivity contribution >= 4 is 35.0 Å². The van der Waals surface area contributed by atoms with Crippen LogP contribution in [0.4, 0.5) is 5.69 Å². The highest BCUT2D eigenvalue weighted by atomic mass is 35.5. The van der Waals surface area contributed by atoms with Crippen LogP contribution in [0.15, 0.2) is 58.8 Å². The van der Waals surface area contributed by atoms with Crippen LogP contribution < -0.4 is 5.32 Å². The maximum Gasteiger partial charge on any atom is 0.284 e. The van der Waals surface area contributed by atoms with Crippen LogP contribution >= 0.6 is 23.4 Å². The number of benzene rings is 2. The summed E-state index contributed by atoms with van der Waals surface area (Å²) in [6.07, 6.45) is 1.51. The molecule has 3 rings (SSSR count). The molecule has 0 radical (unpaired) electrons. The molecule has 1 amide bonds. The summed E-state index contributed by atoms with van der Waals surface area (Å²) in [5, 5.41) is 23.4. The molecule has 1 heterocycles. The van der Waals surface area contributed by atoms with Gasteiger partial charge in [-0.15, -0.1) is 10.2 Å². The molecule has 30 heavy (non-hydrogen) atoms. The standard InChI is InChI=1S/C20H20ClN5O3S/c1-12(2)18(13-4-7-15(21)8-5-13)23-19(27)14-6-9-17(16(10-14)26(28)29)30-20-24-22-11-25(20)3/h4-12,18H,1-3H3,(H,23,27). The molecule has 2 aromatic carbocycles. The van der Waals surface area contributed by atoms with E-state index in [0.29, 0.717) is 15.1 Å². The average molecular weight is 446 g/mol. The highest BCUT2D eigenvalue weighted by molar-refractivity contribution is 7.99. The molecular weight excluding hydrogens is 426 g/mol. The lowest BCUT2D eigenvalue weighted by atomic mass is 9.95.